The molecule has 0 radical (unpaired) electrons. The largest absolute Gasteiger partial charge is 0.294 e. The molecule has 2 heterocycles. The first-order valence-electron chi connectivity index (χ1n) is 7.50. The number of fused-ring (bicyclic) bond motifs is 1. The summed E-state index contributed by atoms with van der Waals surface area (Å²) in [5, 5.41) is 10.3. The van der Waals surface area contributed by atoms with Gasteiger partial charge >= 0.3 is 0 Å². The average Bonchev–Trinajstić information content (AvgIpc) is 3.23. The number of carbonyl (C=O) groups is 1. The van der Waals surface area contributed by atoms with E-state index in [1.165, 1.54) is 23.5 Å². The summed E-state index contributed by atoms with van der Waals surface area (Å²) in [6.45, 7) is 0. The minimum absolute atomic E-state index is 0.0175. The Morgan fingerprint density at radius 1 is 1.12 bits per heavy atom. The van der Waals surface area contributed by atoms with Crippen LogP contribution in [0.15, 0.2) is 60.0 Å². The summed E-state index contributed by atoms with van der Waals surface area (Å²) >= 11 is 1.50. The SMILES string of the molecule is O=C(Cc1ccc(F)cc1)c1csc(-c2n[nH]c3ccccc23)c1. The lowest BCUT2D eigenvalue weighted by molar-refractivity contribution is 0.0993. The number of para-hydroxylation sites is 1. The number of ketones is 1. The Morgan fingerprint density at radius 3 is 2.75 bits per heavy atom. The smallest absolute Gasteiger partial charge is 0.168 e. The van der Waals surface area contributed by atoms with Crippen molar-refractivity contribution in [1.82, 2.24) is 10.2 Å². The fourth-order valence-electron chi connectivity index (χ4n) is 2.65. The van der Waals surface area contributed by atoms with Gasteiger partial charge in [0.25, 0.3) is 0 Å². The fourth-order valence-corrected chi connectivity index (χ4v) is 3.56. The number of halogens is 1. The number of nitrogens with one attached hydrogen (secondary N) is 1. The quantitative estimate of drug-likeness (QED) is 0.541. The van der Waals surface area contributed by atoms with Crippen molar-refractivity contribution in [3.8, 4) is 10.6 Å². The molecule has 0 amide bonds. The Hall–Kier alpha value is -2.79. The Balaban J connectivity index is 1.60. The number of H-pyrrole nitrogens is 1. The number of aromatic nitrogens is 2. The standard InChI is InChI=1S/C19H13FN2OS/c20-14-7-5-12(6-8-14)9-17(23)13-10-18(24-11-13)19-15-3-1-2-4-16(15)21-22-19/h1-8,10-11H,9H2,(H,21,22). The average molecular weight is 336 g/mol. The molecule has 0 aliphatic carbocycles. The molecule has 5 heteroatoms. The second-order valence-electron chi connectivity index (χ2n) is 5.54. The highest BCUT2D eigenvalue weighted by atomic mass is 32.1. The zero-order chi connectivity index (χ0) is 16.5. The van der Waals surface area contributed by atoms with Crippen LogP contribution in [-0.2, 0) is 6.42 Å². The molecule has 0 spiro atoms. The number of nitrogens with zero attached hydrogens (tertiary/aromatic N) is 1. The lowest BCUT2D eigenvalue weighted by Gasteiger charge is -1.99. The van der Waals surface area contributed by atoms with Gasteiger partial charge in [0.1, 0.15) is 11.5 Å². The molecule has 0 atom stereocenters. The van der Waals surface area contributed by atoms with Gasteiger partial charge in [-0.25, -0.2) is 4.39 Å². The Kier molecular flexibility index (Phi) is 3.70. The van der Waals surface area contributed by atoms with Crippen LogP contribution >= 0.6 is 11.3 Å². The van der Waals surface area contributed by atoms with Crippen LogP contribution in [0.5, 0.6) is 0 Å². The van der Waals surface area contributed by atoms with Gasteiger partial charge in [-0.1, -0.05) is 30.3 Å². The van der Waals surface area contributed by atoms with E-state index in [0.717, 1.165) is 27.0 Å². The Labute approximate surface area is 141 Å². The normalized spacial score (nSPS) is 11.0. The van der Waals surface area contributed by atoms with Gasteiger partial charge in [-0.2, -0.15) is 5.10 Å². The first-order chi connectivity index (χ1) is 11.7. The van der Waals surface area contributed by atoms with Crippen molar-refractivity contribution in [2.75, 3.05) is 0 Å². The van der Waals surface area contributed by atoms with Crippen LogP contribution in [0, 0.1) is 5.82 Å². The van der Waals surface area contributed by atoms with Crippen LogP contribution in [0.2, 0.25) is 0 Å². The van der Waals surface area contributed by atoms with E-state index in [-0.39, 0.29) is 18.0 Å². The molecule has 118 valence electrons. The molecule has 1 N–H and O–H groups in total. The maximum absolute atomic E-state index is 12.9. The highest BCUT2D eigenvalue weighted by Crippen LogP contribution is 2.31. The monoisotopic (exact) mass is 336 g/mol. The summed E-state index contributed by atoms with van der Waals surface area (Å²) < 4.78 is 12.9. The van der Waals surface area contributed by atoms with E-state index in [0.29, 0.717) is 5.56 Å². The lowest BCUT2D eigenvalue weighted by atomic mass is 10.0. The predicted octanol–water partition coefficient (Wildman–Crippen LogP) is 4.86. The van der Waals surface area contributed by atoms with Gasteiger partial charge in [0.2, 0.25) is 0 Å². The number of carbonyl (C=O) groups excluding carboxylic acids is 1. The number of thiophene rings is 1. The van der Waals surface area contributed by atoms with Gasteiger partial charge < -0.3 is 0 Å². The summed E-state index contributed by atoms with van der Waals surface area (Å²) in [6, 6.07) is 15.8. The van der Waals surface area contributed by atoms with E-state index in [4.69, 9.17) is 0 Å². The van der Waals surface area contributed by atoms with Crippen LogP contribution in [0.25, 0.3) is 21.5 Å². The van der Waals surface area contributed by atoms with Crippen molar-refractivity contribution in [3.63, 3.8) is 0 Å². The minimum atomic E-state index is -0.297. The third-order valence-electron chi connectivity index (χ3n) is 3.90. The Bertz CT molecular complexity index is 1020. The summed E-state index contributed by atoms with van der Waals surface area (Å²) in [7, 11) is 0. The van der Waals surface area contributed by atoms with Crippen molar-refractivity contribution in [1.29, 1.82) is 0 Å². The number of benzene rings is 2. The molecule has 0 saturated heterocycles. The molecule has 4 rings (SSSR count). The zero-order valence-corrected chi connectivity index (χ0v) is 13.4. The van der Waals surface area contributed by atoms with Gasteiger partial charge in [0.05, 0.1) is 10.4 Å². The van der Waals surface area contributed by atoms with E-state index in [1.54, 1.807) is 12.1 Å². The molecule has 24 heavy (non-hydrogen) atoms. The summed E-state index contributed by atoms with van der Waals surface area (Å²) in [6.07, 6.45) is 0.262. The highest BCUT2D eigenvalue weighted by Gasteiger charge is 2.14. The molecular formula is C19H13FN2OS. The predicted molar refractivity (Wildman–Crippen MR) is 93.8 cm³/mol. The fraction of sp³-hybridized carbons (Fsp3) is 0.0526. The zero-order valence-electron chi connectivity index (χ0n) is 12.6. The summed E-state index contributed by atoms with van der Waals surface area (Å²) in [5.74, 6) is -0.279. The maximum atomic E-state index is 12.9. The van der Waals surface area contributed by atoms with Gasteiger partial charge in [0, 0.05) is 22.8 Å². The molecule has 0 bridgehead atoms. The van der Waals surface area contributed by atoms with Crippen LogP contribution in [0.1, 0.15) is 15.9 Å². The van der Waals surface area contributed by atoms with E-state index in [2.05, 4.69) is 10.2 Å². The molecule has 3 nitrogen and oxygen atoms in total. The van der Waals surface area contributed by atoms with E-state index >= 15 is 0 Å². The van der Waals surface area contributed by atoms with Crippen molar-refractivity contribution >= 4 is 28.0 Å². The molecule has 0 unspecified atom stereocenters. The molecular weight excluding hydrogens is 323 g/mol. The van der Waals surface area contributed by atoms with Gasteiger partial charge in [0.15, 0.2) is 5.78 Å². The van der Waals surface area contributed by atoms with Gasteiger partial charge in [-0.15, -0.1) is 11.3 Å². The van der Waals surface area contributed by atoms with Crippen LogP contribution in [0.4, 0.5) is 4.39 Å². The molecule has 0 saturated carbocycles. The van der Waals surface area contributed by atoms with Gasteiger partial charge in [-0.05, 0) is 29.8 Å². The second-order valence-corrected chi connectivity index (χ2v) is 6.46. The number of Topliss-reactive ketones (excluding diaryl/α,β-unsaturated/α-hetero) is 1. The van der Waals surface area contributed by atoms with Gasteiger partial charge in [-0.3, -0.25) is 9.89 Å². The first kappa shape index (κ1) is 14.8. The lowest BCUT2D eigenvalue weighted by Crippen LogP contribution is -2.01. The topological polar surface area (TPSA) is 45.8 Å². The molecule has 0 fully saturated rings. The highest BCUT2D eigenvalue weighted by molar-refractivity contribution is 7.14. The van der Waals surface area contributed by atoms with Crippen LogP contribution in [-0.4, -0.2) is 16.0 Å². The number of hydrogen-bond donors (Lipinski definition) is 1. The molecule has 2 aromatic heterocycles. The first-order valence-corrected chi connectivity index (χ1v) is 8.38. The van der Waals surface area contributed by atoms with Crippen molar-refractivity contribution in [3.05, 3.63) is 76.9 Å². The summed E-state index contributed by atoms with van der Waals surface area (Å²) in [5.41, 5.74) is 3.29. The number of hydrogen-bond acceptors (Lipinski definition) is 3. The van der Waals surface area contributed by atoms with Crippen LogP contribution in [0.3, 0.4) is 0 Å². The maximum Gasteiger partial charge on any atom is 0.168 e. The molecule has 0 aliphatic heterocycles. The second kappa shape index (κ2) is 6.02. The van der Waals surface area contributed by atoms with Crippen LogP contribution < -0.4 is 0 Å². The molecule has 2 aromatic carbocycles. The molecule has 0 aliphatic rings. The third-order valence-corrected chi connectivity index (χ3v) is 4.84. The number of aromatic amines is 1. The van der Waals surface area contributed by atoms with Crippen molar-refractivity contribution in [2.24, 2.45) is 0 Å². The third kappa shape index (κ3) is 2.74. The van der Waals surface area contributed by atoms with E-state index < -0.39 is 0 Å². The molecule has 4 aromatic rings. The minimum Gasteiger partial charge on any atom is -0.294 e. The van der Waals surface area contributed by atoms with E-state index in [1.807, 2.05) is 35.7 Å². The Morgan fingerprint density at radius 2 is 1.92 bits per heavy atom. The number of rotatable bonds is 4. The van der Waals surface area contributed by atoms with Crippen molar-refractivity contribution < 1.29 is 9.18 Å². The van der Waals surface area contributed by atoms with E-state index in [9.17, 15) is 9.18 Å². The van der Waals surface area contributed by atoms with Crippen molar-refractivity contribution in [2.45, 2.75) is 6.42 Å². The summed E-state index contributed by atoms with van der Waals surface area (Å²) in [4.78, 5) is 13.4.